The number of fused-ring (bicyclic) bond motifs is 1. The molecule has 164 valence electrons. The Kier molecular flexibility index (Phi) is 7.87. The highest BCUT2D eigenvalue weighted by molar-refractivity contribution is 7.89. The molecule has 2 aromatic carbocycles. The molecule has 0 atom stereocenters. The molecule has 1 saturated heterocycles. The van der Waals surface area contributed by atoms with E-state index in [1.807, 2.05) is 12.3 Å². The van der Waals surface area contributed by atoms with Crippen LogP contribution in [0.15, 0.2) is 53.6 Å². The number of anilines is 1. The van der Waals surface area contributed by atoms with Crippen molar-refractivity contribution in [2.45, 2.75) is 4.90 Å². The molecule has 0 aliphatic carbocycles. The van der Waals surface area contributed by atoms with Crippen molar-refractivity contribution in [1.82, 2.24) is 9.29 Å². The van der Waals surface area contributed by atoms with Crippen LogP contribution in [0.3, 0.4) is 0 Å². The van der Waals surface area contributed by atoms with Crippen molar-refractivity contribution in [3.8, 4) is 11.5 Å². The number of hydrogen-bond donors (Lipinski definition) is 1. The number of hydrogen-bond acceptors (Lipinski definition) is 5. The quantitative estimate of drug-likeness (QED) is 0.613. The van der Waals surface area contributed by atoms with Gasteiger partial charge in [0.05, 0.1) is 19.1 Å². The number of rotatable bonds is 5. The lowest BCUT2D eigenvalue weighted by molar-refractivity contribution is 0.353. The Hall–Kier alpha value is -2.13. The van der Waals surface area contributed by atoms with Gasteiger partial charge in [-0.3, -0.25) is 0 Å². The van der Waals surface area contributed by atoms with Crippen molar-refractivity contribution in [2.24, 2.45) is 0 Å². The Bertz CT molecular complexity index is 1100. The van der Waals surface area contributed by atoms with E-state index in [0.717, 1.165) is 16.6 Å². The molecule has 0 radical (unpaired) electrons. The normalized spacial score (nSPS) is 14.7. The molecular formula is C20H25Cl2N3O4S. The number of H-pyrrole nitrogens is 1. The monoisotopic (exact) mass is 473 g/mol. The van der Waals surface area contributed by atoms with E-state index in [9.17, 15) is 8.42 Å². The highest BCUT2D eigenvalue weighted by Gasteiger charge is 2.29. The van der Waals surface area contributed by atoms with Gasteiger partial charge >= 0.3 is 0 Å². The van der Waals surface area contributed by atoms with Crippen molar-refractivity contribution < 1.29 is 17.9 Å². The van der Waals surface area contributed by atoms with Crippen molar-refractivity contribution in [3.05, 3.63) is 48.7 Å². The SMILES string of the molecule is COc1ccc(S(=O)(=O)N2CCN(c3ccc4[nH]ccc4c3)CC2)cc1OC.Cl.Cl. The van der Waals surface area contributed by atoms with Crippen LogP contribution in [-0.4, -0.2) is 58.1 Å². The van der Waals surface area contributed by atoms with Gasteiger partial charge in [0.1, 0.15) is 0 Å². The molecule has 1 N–H and O–H groups in total. The smallest absolute Gasteiger partial charge is 0.243 e. The van der Waals surface area contributed by atoms with E-state index in [2.05, 4.69) is 28.1 Å². The van der Waals surface area contributed by atoms with Crippen molar-refractivity contribution >= 4 is 51.4 Å². The molecule has 0 amide bonds. The fraction of sp³-hybridized carbons (Fsp3) is 0.300. The summed E-state index contributed by atoms with van der Waals surface area (Å²) >= 11 is 0. The number of halogens is 2. The van der Waals surface area contributed by atoms with Gasteiger partial charge in [-0.05, 0) is 36.4 Å². The minimum Gasteiger partial charge on any atom is -0.493 e. The molecule has 4 rings (SSSR count). The first-order valence-corrected chi connectivity index (χ1v) is 10.5. The Morgan fingerprint density at radius 2 is 1.57 bits per heavy atom. The Labute approximate surface area is 188 Å². The van der Waals surface area contributed by atoms with Gasteiger partial charge in [0.2, 0.25) is 10.0 Å². The predicted octanol–water partition coefficient (Wildman–Crippen LogP) is 3.54. The van der Waals surface area contributed by atoms with E-state index >= 15 is 0 Å². The maximum atomic E-state index is 13.0. The zero-order chi connectivity index (χ0) is 19.7. The van der Waals surface area contributed by atoms with Crippen LogP contribution in [0.25, 0.3) is 10.9 Å². The van der Waals surface area contributed by atoms with E-state index < -0.39 is 10.0 Å². The number of sulfonamides is 1. The van der Waals surface area contributed by atoms with E-state index in [1.165, 1.54) is 24.6 Å². The number of nitrogens with one attached hydrogen (secondary N) is 1. The first-order valence-electron chi connectivity index (χ1n) is 9.07. The lowest BCUT2D eigenvalue weighted by Gasteiger charge is -2.35. The van der Waals surface area contributed by atoms with Gasteiger partial charge in [-0.1, -0.05) is 0 Å². The highest BCUT2D eigenvalue weighted by Crippen LogP contribution is 2.31. The van der Waals surface area contributed by atoms with Gasteiger partial charge in [0.15, 0.2) is 11.5 Å². The number of methoxy groups -OCH3 is 2. The molecule has 0 spiro atoms. The van der Waals surface area contributed by atoms with Gasteiger partial charge < -0.3 is 19.4 Å². The van der Waals surface area contributed by atoms with E-state index in [1.54, 1.807) is 12.1 Å². The number of benzene rings is 2. The largest absolute Gasteiger partial charge is 0.493 e. The molecule has 2 heterocycles. The summed E-state index contributed by atoms with van der Waals surface area (Å²) < 4.78 is 38.1. The number of aromatic amines is 1. The second-order valence-electron chi connectivity index (χ2n) is 6.66. The third-order valence-corrected chi connectivity index (χ3v) is 7.03. The Balaban J connectivity index is 0.00000160. The first-order chi connectivity index (χ1) is 13.5. The summed E-state index contributed by atoms with van der Waals surface area (Å²) in [5.74, 6) is 0.911. The van der Waals surface area contributed by atoms with Crippen LogP contribution in [0.1, 0.15) is 0 Å². The van der Waals surface area contributed by atoms with Crippen LogP contribution in [0.4, 0.5) is 5.69 Å². The number of aromatic nitrogens is 1. The standard InChI is InChI=1S/C20H23N3O4S.2ClH/c1-26-19-6-4-17(14-20(19)27-2)28(24,25)23-11-9-22(10-12-23)16-3-5-18-15(13-16)7-8-21-18;;/h3-8,13-14,21H,9-12H2,1-2H3;2*1H. The Morgan fingerprint density at radius 3 is 2.23 bits per heavy atom. The second-order valence-corrected chi connectivity index (χ2v) is 8.60. The molecule has 1 aliphatic heterocycles. The zero-order valence-electron chi connectivity index (χ0n) is 16.7. The number of nitrogens with zero attached hydrogens (tertiary/aromatic N) is 2. The van der Waals surface area contributed by atoms with Crippen LogP contribution >= 0.6 is 24.8 Å². The van der Waals surface area contributed by atoms with Gasteiger partial charge in [0.25, 0.3) is 0 Å². The highest BCUT2D eigenvalue weighted by atomic mass is 35.5. The summed E-state index contributed by atoms with van der Waals surface area (Å²) in [6, 6.07) is 13.0. The van der Waals surface area contributed by atoms with E-state index in [-0.39, 0.29) is 29.7 Å². The molecule has 0 unspecified atom stereocenters. The molecule has 7 nitrogen and oxygen atoms in total. The molecule has 1 aromatic heterocycles. The van der Waals surface area contributed by atoms with E-state index in [0.29, 0.717) is 37.7 Å². The summed E-state index contributed by atoms with van der Waals surface area (Å²) in [6.07, 6.45) is 1.92. The fourth-order valence-electron chi connectivity index (χ4n) is 3.55. The molecule has 10 heteroatoms. The van der Waals surface area contributed by atoms with Crippen LogP contribution in [0.2, 0.25) is 0 Å². The zero-order valence-corrected chi connectivity index (χ0v) is 19.1. The van der Waals surface area contributed by atoms with E-state index in [4.69, 9.17) is 9.47 Å². The lowest BCUT2D eigenvalue weighted by atomic mass is 10.2. The number of piperazine rings is 1. The third-order valence-electron chi connectivity index (χ3n) is 5.13. The summed E-state index contributed by atoms with van der Waals surface area (Å²) in [6.45, 7) is 2.15. The minimum absolute atomic E-state index is 0. The summed E-state index contributed by atoms with van der Waals surface area (Å²) in [5.41, 5.74) is 2.20. The molecule has 1 fully saturated rings. The maximum absolute atomic E-state index is 13.0. The average molecular weight is 474 g/mol. The molecule has 3 aromatic rings. The van der Waals surface area contributed by atoms with Crippen molar-refractivity contribution in [1.29, 1.82) is 0 Å². The molecule has 1 aliphatic rings. The van der Waals surface area contributed by atoms with Gasteiger partial charge in [-0.15, -0.1) is 24.8 Å². The van der Waals surface area contributed by atoms with Crippen LogP contribution in [0.5, 0.6) is 11.5 Å². The third kappa shape index (κ3) is 4.46. The fourth-order valence-corrected chi connectivity index (χ4v) is 4.99. The number of ether oxygens (including phenoxy) is 2. The molecule has 0 bridgehead atoms. The molecule has 30 heavy (non-hydrogen) atoms. The van der Waals surface area contributed by atoms with Crippen molar-refractivity contribution in [2.75, 3.05) is 45.3 Å². The first kappa shape index (κ1) is 24.1. The second kappa shape index (κ2) is 9.78. The summed E-state index contributed by atoms with van der Waals surface area (Å²) in [5, 5.41) is 1.15. The average Bonchev–Trinajstić information content (AvgIpc) is 3.21. The van der Waals surface area contributed by atoms with Crippen LogP contribution in [0, 0.1) is 0 Å². The summed E-state index contributed by atoms with van der Waals surface area (Å²) in [4.78, 5) is 5.62. The van der Waals surface area contributed by atoms with Gasteiger partial charge in [-0.25, -0.2) is 8.42 Å². The van der Waals surface area contributed by atoms with Crippen molar-refractivity contribution in [3.63, 3.8) is 0 Å². The lowest BCUT2D eigenvalue weighted by Crippen LogP contribution is -2.48. The van der Waals surface area contributed by atoms with Crippen LogP contribution < -0.4 is 14.4 Å². The molecular weight excluding hydrogens is 449 g/mol. The Morgan fingerprint density at radius 1 is 0.867 bits per heavy atom. The minimum atomic E-state index is -3.58. The predicted molar refractivity (Wildman–Crippen MR) is 123 cm³/mol. The molecule has 0 saturated carbocycles. The summed E-state index contributed by atoms with van der Waals surface area (Å²) in [7, 11) is -0.567. The van der Waals surface area contributed by atoms with Gasteiger partial charge in [-0.2, -0.15) is 4.31 Å². The van der Waals surface area contributed by atoms with Crippen LogP contribution in [-0.2, 0) is 10.0 Å². The topological polar surface area (TPSA) is 74.9 Å². The van der Waals surface area contributed by atoms with Gasteiger partial charge in [0, 0.05) is 55.0 Å². The maximum Gasteiger partial charge on any atom is 0.243 e.